The summed E-state index contributed by atoms with van der Waals surface area (Å²) in [7, 11) is 0. The summed E-state index contributed by atoms with van der Waals surface area (Å²) in [4.78, 5) is 0. The van der Waals surface area contributed by atoms with Crippen LogP contribution >= 0.6 is 0 Å². The van der Waals surface area contributed by atoms with Gasteiger partial charge in [-0.15, -0.1) is 0 Å². The molecule has 7 heteroatoms. The smallest absolute Gasteiger partial charge is 0.452 e. The van der Waals surface area contributed by atoms with Crippen molar-refractivity contribution in [3.8, 4) is 5.75 Å². The molecule has 1 unspecified atom stereocenters. The van der Waals surface area contributed by atoms with Crippen LogP contribution in [0.2, 0.25) is 0 Å². The van der Waals surface area contributed by atoms with Gasteiger partial charge >= 0.3 is 12.0 Å². The first-order valence-electron chi connectivity index (χ1n) is 5.07. The van der Waals surface area contributed by atoms with E-state index in [-0.39, 0.29) is 17.0 Å². The fourth-order valence-electron chi connectivity index (χ4n) is 1.75. The molecular weight excluding hydrogens is 251 g/mol. The number of aryl methyl sites for hydroxylation is 1. The summed E-state index contributed by atoms with van der Waals surface area (Å²) in [6, 6.07) is 4.36. The molecule has 4 nitrogen and oxygen atoms in total. The predicted octanol–water partition coefficient (Wildman–Crippen LogP) is 2.21. The molecule has 0 saturated heterocycles. The third-order valence-corrected chi connectivity index (χ3v) is 2.70. The van der Waals surface area contributed by atoms with E-state index < -0.39 is 18.4 Å². The second-order valence-corrected chi connectivity index (χ2v) is 4.11. The van der Waals surface area contributed by atoms with Gasteiger partial charge in [-0.05, 0) is 19.1 Å². The number of hydrogen-bond donors (Lipinski definition) is 2. The van der Waals surface area contributed by atoms with Gasteiger partial charge in [-0.2, -0.15) is 13.2 Å². The summed E-state index contributed by atoms with van der Waals surface area (Å²) in [5.74, 6) is -3.53. The molecule has 1 aliphatic heterocycles. The maximum absolute atomic E-state index is 12.7. The molecule has 0 fully saturated rings. The number of nitrogens with zero attached hydrogens (tertiary/aromatic N) is 1. The van der Waals surface area contributed by atoms with E-state index in [1.807, 2.05) is 0 Å². The molecule has 1 aromatic rings. The number of ether oxygens (including phenoxy) is 1. The Morgan fingerprint density at radius 1 is 1.39 bits per heavy atom. The molecule has 0 aliphatic carbocycles. The van der Waals surface area contributed by atoms with Crippen LogP contribution in [0.5, 0.6) is 5.75 Å². The first-order valence-corrected chi connectivity index (χ1v) is 5.07. The van der Waals surface area contributed by atoms with E-state index in [9.17, 15) is 18.3 Å². The molecule has 2 N–H and O–H groups in total. The van der Waals surface area contributed by atoms with Crippen molar-refractivity contribution in [2.24, 2.45) is 5.16 Å². The van der Waals surface area contributed by atoms with E-state index in [1.165, 1.54) is 18.2 Å². The van der Waals surface area contributed by atoms with Gasteiger partial charge in [-0.1, -0.05) is 16.8 Å². The van der Waals surface area contributed by atoms with E-state index in [0.29, 0.717) is 0 Å². The highest BCUT2D eigenvalue weighted by Gasteiger charge is 2.59. The molecule has 0 amide bonds. The fraction of sp³-hybridized carbons (Fsp3) is 0.364. The SMILES string of the molecule is Cc1ccc2c(c1)C(=NO)CC(O)(C(F)(F)F)O2. The highest BCUT2D eigenvalue weighted by Crippen LogP contribution is 2.41. The van der Waals surface area contributed by atoms with E-state index in [2.05, 4.69) is 9.89 Å². The van der Waals surface area contributed by atoms with Crippen molar-refractivity contribution < 1.29 is 28.2 Å². The lowest BCUT2D eigenvalue weighted by atomic mass is 9.96. The lowest BCUT2D eigenvalue weighted by molar-refractivity contribution is -0.333. The van der Waals surface area contributed by atoms with Crippen molar-refractivity contribution in [3.63, 3.8) is 0 Å². The van der Waals surface area contributed by atoms with E-state index in [1.54, 1.807) is 6.92 Å². The largest absolute Gasteiger partial charge is 0.455 e. The van der Waals surface area contributed by atoms with Gasteiger partial charge in [0.1, 0.15) is 5.75 Å². The summed E-state index contributed by atoms with van der Waals surface area (Å²) in [6.45, 7) is 1.74. The molecule has 1 aromatic carbocycles. The lowest BCUT2D eigenvalue weighted by Gasteiger charge is -2.35. The molecule has 2 rings (SSSR count). The van der Waals surface area contributed by atoms with Gasteiger partial charge in [0.2, 0.25) is 0 Å². The Labute approximate surface area is 100 Å². The predicted molar refractivity (Wildman–Crippen MR) is 55.8 cm³/mol. The monoisotopic (exact) mass is 261 g/mol. The number of benzene rings is 1. The van der Waals surface area contributed by atoms with Gasteiger partial charge < -0.3 is 15.1 Å². The van der Waals surface area contributed by atoms with E-state index in [0.717, 1.165) is 5.56 Å². The quantitative estimate of drug-likeness (QED) is 0.556. The minimum atomic E-state index is -4.98. The van der Waals surface area contributed by atoms with E-state index >= 15 is 0 Å². The molecule has 1 atom stereocenters. The molecular formula is C11H10F3NO3. The van der Waals surface area contributed by atoms with Gasteiger partial charge in [-0.25, -0.2) is 0 Å². The molecule has 0 spiro atoms. The maximum atomic E-state index is 12.7. The second-order valence-electron chi connectivity index (χ2n) is 4.11. The molecule has 98 valence electrons. The zero-order valence-corrected chi connectivity index (χ0v) is 9.32. The minimum absolute atomic E-state index is 0.167. The number of halogens is 3. The van der Waals surface area contributed by atoms with Crippen LogP contribution in [0.3, 0.4) is 0 Å². The van der Waals surface area contributed by atoms with Gasteiger partial charge in [0.15, 0.2) is 0 Å². The Kier molecular flexibility index (Phi) is 2.73. The van der Waals surface area contributed by atoms with Crippen LogP contribution in [0.15, 0.2) is 23.4 Å². The van der Waals surface area contributed by atoms with Crippen molar-refractivity contribution in [2.45, 2.75) is 25.3 Å². The van der Waals surface area contributed by atoms with Crippen LogP contribution in [0.4, 0.5) is 13.2 Å². The van der Waals surface area contributed by atoms with Crippen LogP contribution in [-0.2, 0) is 0 Å². The molecule has 1 heterocycles. The first-order chi connectivity index (χ1) is 8.27. The van der Waals surface area contributed by atoms with Crippen LogP contribution in [0.1, 0.15) is 17.5 Å². The van der Waals surface area contributed by atoms with Crippen LogP contribution < -0.4 is 4.74 Å². The molecule has 1 aliphatic rings. The number of oxime groups is 1. The van der Waals surface area contributed by atoms with Crippen molar-refractivity contribution >= 4 is 5.71 Å². The van der Waals surface area contributed by atoms with Crippen molar-refractivity contribution in [2.75, 3.05) is 0 Å². The Hall–Kier alpha value is -1.76. The van der Waals surface area contributed by atoms with Crippen molar-refractivity contribution in [3.05, 3.63) is 29.3 Å². The molecule has 0 saturated carbocycles. The highest BCUT2D eigenvalue weighted by molar-refractivity contribution is 6.04. The fourth-order valence-corrected chi connectivity index (χ4v) is 1.75. The van der Waals surface area contributed by atoms with Crippen LogP contribution in [0, 0.1) is 6.92 Å². The normalized spacial score (nSPS) is 25.7. The Morgan fingerprint density at radius 2 is 2.06 bits per heavy atom. The molecule has 0 aromatic heterocycles. The summed E-state index contributed by atoms with van der Waals surface area (Å²) < 4.78 is 42.7. The molecule has 0 bridgehead atoms. The number of aliphatic hydroxyl groups is 1. The first kappa shape index (κ1) is 12.7. The lowest BCUT2D eigenvalue weighted by Crippen LogP contribution is -2.54. The second kappa shape index (κ2) is 3.88. The van der Waals surface area contributed by atoms with Gasteiger partial charge in [0, 0.05) is 5.56 Å². The Bertz CT molecular complexity index is 513. The summed E-state index contributed by atoms with van der Waals surface area (Å²) in [5, 5.41) is 21.1. The van der Waals surface area contributed by atoms with Crippen molar-refractivity contribution in [1.29, 1.82) is 0 Å². The third-order valence-electron chi connectivity index (χ3n) is 2.70. The minimum Gasteiger partial charge on any atom is -0.452 e. The maximum Gasteiger partial charge on any atom is 0.455 e. The van der Waals surface area contributed by atoms with Crippen LogP contribution in [-0.4, -0.2) is 28.0 Å². The summed E-state index contributed by atoms with van der Waals surface area (Å²) >= 11 is 0. The van der Waals surface area contributed by atoms with Gasteiger partial charge in [0.25, 0.3) is 0 Å². The molecule has 18 heavy (non-hydrogen) atoms. The van der Waals surface area contributed by atoms with E-state index in [4.69, 9.17) is 5.21 Å². The number of rotatable bonds is 0. The standard InChI is InChI=1S/C11H10F3NO3/c1-6-2-3-9-7(4-6)8(15-17)5-10(16,18-9)11(12,13)14/h2-4,16-17H,5H2,1H3. The zero-order chi connectivity index (χ0) is 13.6. The average Bonchev–Trinajstić information content (AvgIpc) is 2.27. The Balaban J connectivity index is 2.54. The number of hydrogen-bond acceptors (Lipinski definition) is 4. The average molecular weight is 261 g/mol. The number of alkyl halides is 3. The van der Waals surface area contributed by atoms with Gasteiger partial charge in [-0.3, -0.25) is 0 Å². The highest BCUT2D eigenvalue weighted by atomic mass is 19.4. The Morgan fingerprint density at radius 3 is 2.61 bits per heavy atom. The summed E-state index contributed by atoms with van der Waals surface area (Å²) in [6.07, 6.45) is -5.94. The number of fused-ring (bicyclic) bond motifs is 1. The molecule has 0 radical (unpaired) electrons. The third kappa shape index (κ3) is 1.90. The van der Waals surface area contributed by atoms with Crippen LogP contribution in [0.25, 0.3) is 0 Å². The summed E-state index contributed by atoms with van der Waals surface area (Å²) in [5.41, 5.74) is 0.752. The van der Waals surface area contributed by atoms with Crippen molar-refractivity contribution in [1.82, 2.24) is 0 Å². The topological polar surface area (TPSA) is 62.1 Å². The zero-order valence-electron chi connectivity index (χ0n) is 9.32. The van der Waals surface area contributed by atoms with Gasteiger partial charge in [0.05, 0.1) is 12.1 Å².